The van der Waals surface area contributed by atoms with E-state index in [1.54, 1.807) is 42.7 Å². The highest BCUT2D eigenvalue weighted by Crippen LogP contribution is 2.23. The summed E-state index contributed by atoms with van der Waals surface area (Å²) in [6.07, 6.45) is 6.24. The Hall–Kier alpha value is -3.37. The molecule has 9 nitrogen and oxygen atoms in total. The molecule has 0 saturated carbocycles. The van der Waals surface area contributed by atoms with E-state index in [1.165, 1.54) is 25.3 Å². The fourth-order valence-electron chi connectivity index (χ4n) is 2.74. The molecule has 0 saturated heterocycles. The van der Waals surface area contributed by atoms with Gasteiger partial charge in [0, 0.05) is 24.0 Å². The van der Waals surface area contributed by atoms with Gasteiger partial charge in [-0.1, -0.05) is 31.1 Å². The van der Waals surface area contributed by atoms with Crippen molar-refractivity contribution >= 4 is 22.0 Å². The SMILES string of the molecule is CNS(=O)(=O)c1ccc(/C=C/C(=O)NC(c2nc(-c3ccncc3)no2)C(C)C)cc1. The quantitative estimate of drug-likeness (QED) is 0.514. The number of rotatable bonds is 8. The van der Waals surface area contributed by atoms with E-state index < -0.39 is 16.1 Å². The molecule has 3 rings (SSSR count). The first-order valence-electron chi connectivity index (χ1n) is 9.56. The number of carbonyl (C=O) groups excluding carboxylic acids is 1. The average Bonchev–Trinajstić information content (AvgIpc) is 3.26. The highest BCUT2D eigenvalue weighted by molar-refractivity contribution is 7.89. The summed E-state index contributed by atoms with van der Waals surface area (Å²) in [7, 11) is -2.15. The lowest BCUT2D eigenvalue weighted by atomic mass is 10.0. The molecule has 2 aromatic heterocycles. The molecule has 10 heteroatoms. The van der Waals surface area contributed by atoms with Gasteiger partial charge in [-0.2, -0.15) is 4.98 Å². The first-order valence-corrected chi connectivity index (χ1v) is 11.0. The van der Waals surface area contributed by atoms with Crippen LogP contribution in [-0.4, -0.2) is 36.5 Å². The van der Waals surface area contributed by atoms with E-state index in [0.717, 1.165) is 5.56 Å². The molecule has 1 amide bonds. The summed E-state index contributed by atoms with van der Waals surface area (Å²) in [5, 5.41) is 6.86. The Morgan fingerprint density at radius 1 is 1.10 bits per heavy atom. The largest absolute Gasteiger partial charge is 0.340 e. The number of aromatic nitrogens is 3. The summed E-state index contributed by atoms with van der Waals surface area (Å²) in [6, 6.07) is 9.25. The van der Waals surface area contributed by atoms with Crippen LogP contribution < -0.4 is 10.0 Å². The van der Waals surface area contributed by atoms with E-state index >= 15 is 0 Å². The summed E-state index contributed by atoms with van der Waals surface area (Å²) in [4.78, 5) is 21.0. The molecule has 1 atom stereocenters. The zero-order valence-electron chi connectivity index (χ0n) is 17.3. The molecule has 0 fully saturated rings. The molecule has 1 aromatic carbocycles. The van der Waals surface area contributed by atoms with E-state index in [-0.39, 0.29) is 16.7 Å². The average molecular weight is 442 g/mol. The topological polar surface area (TPSA) is 127 Å². The third kappa shape index (κ3) is 5.62. The van der Waals surface area contributed by atoms with Crippen LogP contribution >= 0.6 is 0 Å². The zero-order chi connectivity index (χ0) is 22.4. The molecule has 2 heterocycles. The Labute approximate surface area is 180 Å². The van der Waals surface area contributed by atoms with Gasteiger partial charge in [-0.25, -0.2) is 13.1 Å². The number of nitrogens with zero attached hydrogens (tertiary/aromatic N) is 3. The fourth-order valence-corrected chi connectivity index (χ4v) is 3.47. The molecule has 2 N–H and O–H groups in total. The number of pyridine rings is 1. The number of carbonyl (C=O) groups is 1. The van der Waals surface area contributed by atoms with Crippen molar-refractivity contribution in [2.75, 3.05) is 7.05 Å². The fraction of sp³-hybridized carbons (Fsp3) is 0.238. The Morgan fingerprint density at radius 2 is 1.77 bits per heavy atom. The van der Waals surface area contributed by atoms with Crippen LogP contribution in [0, 0.1) is 5.92 Å². The van der Waals surface area contributed by atoms with Gasteiger partial charge in [0.05, 0.1) is 4.90 Å². The van der Waals surface area contributed by atoms with Crippen molar-refractivity contribution in [1.82, 2.24) is 25.2 Å². The van der Waals surface area contributed by atoms with Gasteiger partial charge < -0.3 is 9.84 Å². The monoisotopic (exact) mass is 441 g/mol. The van der Waals surface area contributed by atoms with E-state index in [0.29, 0.717) is 17.3 Å². The Kier molecular flexibility index (Phi) is 6.93. The summed E-state index contributed by atoms with van der Waals surface area (Å²) in [6.45, 7) is 3.87. The van der Waals surface area contributed by atoms with Crippen molar-refractivity contribution < 1.29 is 17.7 Å². The molecule has 3 aromatic rings. The van der Waals surface area contributed by atoms with Gasteiger partial charge in [-0.05, 0) is 48.9 Å². The van der Waals surface area contributed by atoms with Crippen molar-refractivity contribution in [3.8, 4) is 11.4 Å². The lowest BCUT2D eigenvalue weighted by Crippen LogP contribution is -2.30. The first kappa shape index (κ1) is 22.3. The van der Waals surface area contributed by atoms with Crippen molar-refractivity contribution in [2.24, 2.45) is 5.92 Å². The molecule has 0 aliphatic heterocycles. The highest BCUT2D eigenvalue weighted by Gasteiger charge is 2.24. The molecule has 1 unspecified atom stereocenters. The third-order valence-electron chi connectivity index (χ3n) is 4.50. The summed E-state index contributed by atoms with van der Waals surface area (Å²) in [5.74, 6) is 0.401. The third-order valence-corrected chi connectivity index (χ3v) is 5.93. The number of nitrogens with one attached hydrogen (secondary N) is 2. The normalized spacial score (nSPS) is 12.9. The minimum atomic E-state index is -3.50. The van der Waals surface area contributed by atoms with Crippen molar-refractivity contribution in [3.63, 3.8) is 0 Å². The van der Waals surface area contributed by atoms with Gasteiger partial charge in [0.15, 0.2) is 0 Å². The van der Waals surface area contributed by atoms with Crippen molar-refractivity contribution in [2.45, 2.75) is 24.8 Å². The maximum atomic E-state index is 12.5. The second-order valence-electron chi connectivity index (χ2n) is 7.03. The molecule has 0 spiro atoms. The summed E-state index contributed by atoms with van der Waals surface area (Å²) in [5.41, 5.74) is 1.45. The Bertz CT molecular complexity index is 1160. The lowest BCUT2D eigenvalue weighted by molar-refractivity contribution is -0.117. The van der Waals surface area contributed by atoms with Gasteiger partial charge in [-0.3, -0.25) is 9.78 Å². The molecule has 0 bridgehead atoms. The first-order chi connectivity index (χ1) is 14.8. The molecule has 0 aliphatic carbocycles. The summed E-state index contributed by atoms with van der Waals surface area (Å²) >= 11 is 0. The van der Waals surface area contributed by atoms with E-state index in [4.69, 9.17) is 4.52 Å². The lowest BCUT2D eigenvalue weighted by Gasteiger charge is -2.17. The number of hydrogen-bond acceptors (Lipinski definition) is 7. The minimum Gasteiger partial charge on any atom is -0.340 e. The van der Waals surface area contributed by atoms with E-state index in [9.17, 15) is 13.2 Å². The number of sulfonamides is 1. The Balaban J connectivity index is 1.69. The van der Waals surface area contributed by atoms with Crippen LogP contribution in [0.4, 0.5) is 0 Å². The molecule has 162 valence electrons. The molecule has 0 aliphatic rings. The van der Waals surface area contributed by atoms with Crippen LogP contribution in [0.3, 0.4) is 0 Å². The standard InChI is InChI=1S/C21H23N5O4S/c1-14(2)19(21-25-20(26-30-21)16-10-12-23-13-11-16)24-18(27)9-6-15-4-7-17(8-5-15)31(28,29)22-3/h4-14,19,22H,1-3H3,(H,24,27)/b9-6+. The van der Waals surface area contributed by atoms with Crippen LogP contribution in [0.1, 0.15) is 31.3 Å². The number of hydrogen-bond donors (Lipinski definition) is 2. The Morgan fingerprint density at radius 3 is 2.39 bits per heavy atom. The highest BCUT2D eigenvalue weighted by atomic mass is 32.2. The van der Waals surface area contributed by atoms with Gasteiger partial charge >= 0.3 is 0 Å². The minimum absolute atomic E-state index is 0.00845. The van der Waals surface area contributed by atoms with Crippen LogP contribution in [0.5, 0.6) is 0 Å². The second kappa shape index (κ2) is 9.63. The molecule has 31 heavy (non-hydrogen) atoms. The summed E-state index contributed by atoms with van der Waals surface area (Å²) < 4.78 is 31.2. The van der Waals surface area contributed by atoms with Crippen molar-refractivity contribution in [3.05, 3.63) is 66.3 Å². The van der Waals surface area contributed by atoms with Gasteiger partial charge in [-0.15, -0.1) is 0 Å². The van der Waals surface area contributed by atoms with Crippen LogP contribution in [0.15, 0.2) is 64.3 Å². The predicted molar refractivity (Wildman–Crippen MR) is 115 cm³/mol. The van der Waals surface area contributed by atoms with Gasteiger partial charge in [0.2, 0.25) is 27.6 Å². The van der Waals surface area contributed by atoms with E-state index in [1.807, 2.05) is 13.8 Å². The van der Waals surface area contributed by atoms with Crippen LogP contribution in [0.2, 0.25) is 0 Å². The van der Waals surface area contributed by atoms with Crippen molar-refractivity contribution in [1.29, 1.82) is 0 Å². The van der Waals surface area contributed by atoms with Crippen LogP contribution in [-0.2, 0) is 14.8 Å². The predicted octanol–water partition coefficient (Wildman–Crippen LogP) is 2.57. The molecule has 0 radical (unpaired) electrons. The number of amides is 1. The van der Waals surface area contributed by atoms with Gasteiger partial charge in [0.1, 0.15) is 6.04 Å². The second-order valence-corrected chi connectivity index (χ2v) is 8.92. The maximum absolute atomic E-state index is 12.5. The van der Waals surface area contributed by atoms with E-state index in [2.05, 4.69) is 25.2 Å². The smallest absolute Gasteiger partial charge is 0.249 e. The van der Waals surface area contributed by atoms with Gasteiger partial charge in [0.25, 0.3) is 0 Å². The van der Waals surface area contributed by atoms with Crippen LogP contribution in [0.25, 0.3) is 17.5 Å². The molecular weight excluding hydrogens is 418 g/mol. The molecular formula is C21H23N5O4S. The number of benzene rings is 1. The zero-order valence-corrected chi connectivity index (χ0v) is 18.1. The maximum Gasteiger partial charge on any atom is 0.249 e.